The first-order valence-electron chi connectivity index (χ1n) is 12.0. The van der Waals surface area contributed by atoms with Crippen LogP contribution in [-0.4, -0.2) is 63.1 Å². The van der Waals surface area contributed by atoms with Crippen LogP contribution in [0.2, 0.25) is 0 Å². The van der Waals surface area contributed by atoms with Gasteiger partial charge >= 0.3 is 5.97 Å². The smallest absolute Gasteiger partial charge is 0.338 e. The zero-order valence-electron chi connectivity index (χ0n) is 20.8. The molecule has 0 aliphatic carbocycles. The molecule has 0 saturated carbocycles. The molecule has 3 aromatic rings. The summed E-state index contributed by atoms with van der Waals surface area (Å²) in [6.45, 7) is -0.169. The number of hydrogen-bond donors (Lipinski definition) is 1. The van der Waals surface area contributed by atoms with Gasteiger partial charge in [-0.25, -0.2) is 4.79 Å². The van der Waals surface area contributed by atoms with Crippen LogP contribution < -0.4 is 0 Å². The van der Waals surface area contributed by atoms with E-state index in [2.05, 4.69) is 0 Å². The van der Waals surface area contributed by atoms with Crippen molar-refractivity contribution in [1.82, 2.24) is 0 Å². The lowest BCUT2D eigenvalue weighted by Crippen LogP contribution is -2.45. The van der Waals surface area contributed by atoms with Gasteiger partial charge in [0.05, 0.1) is 25.0 Å². The van der Waals surface area contributed by atoms with Crippen molar-refractivity contribution in [1.29, 1.82) is 0 Å². The number of hydrogen-bond acceptors (Lipinski definition) is 9. The molecule has 3 aromatic carbocycles. The van der Waals surface area contributed by atoms with Crippen LogP contribution in [0.25, 0.3) is 0 Å². The number of rotatable bonds is 12. The van der Waals surface area contributed by atoms with Crippen molar-refractivity contribution in [2.24, 2.45) is 0 Å². The van der Waals surface area contributed by atoms with Gasteiger partial charge < -0.3 is 24.1 Å². The zero-order valence-corrected chi connectivity index (χ0v) is 21.6. The number of carbonyl (C=O) groups excluding carboxylic acids is 1. The third-order valence-corrected chi connectivity index (χ3v) is 6.45. The number of aliphatic hydroxyl groups is 1. The van der Waals surface area contributed by atoms with Gasteiger partial charge in [0.15, 0.2) is 6.29 Å². The maximum atomic E-state index is 12.5. The molecule has 0 bridgehead atoms. The van der Waals surface area contributed by atoms with Crippen molar-refractivity contribution >= 4 is 16.1 Å². The van der Waals surface area contributed by atoms with Gasteiger partial charge in [0.1, 0.15) is 31.0 Å². The fourth-order valence-electron chi connectivity index (χ4n) is 4.08. The normalized spacial score (nSPS) is 22.2. The summed E-state index contributed by atoms with van der Waals surface area (Å²) in [5.74, 6) is -0.662. The summed E-state index contributed by atoms with van der Waals surface area (Å²) >= 11 is 0. The van der Waals surface area contributed by atoms with E-state index in [1.807, 2.05) is 60.7 Å². The monoisotopic (exact) mass is 542 g/mol. The van der Waals surface area contributed by atoms with Crippen LogP contribution in [0.1, 0.15) is 21.5 Å². The molecule has 0 amide bonds. The molecule has 202 valence electrons. The highest BCUT2D eigenvalue weighted by Gasteiger charge is 2.50. The van der Waals surface area contributed by atoms with E-state index in [9.17, 15) is 18.3 Å². The summed E-state index contributed by atoms with van der Waals surface area (Å²) in [4.78, 5) is 12.5. The Balaban J connectivity index is 1.54. The summed E-state index contributed by atoms with van der Waals surface area (Å²) in [6, 6.07) is 26.9. The lowest BCUT2D eigenvalue weighted by molar-refractivity contribution is -0.158. The number of aliphatic hydroxyl groups excluding tert-OH is 1. The molecule has 10 heteroatoms. The van der Waals surface area contributed by atoms with E-state index in [0.717, 1.165) is 17.4 Å². The van der Waals surface area contributed by atoms with Crippen LogP contribution >= 0.6 is 0 Å². The standard InChI is InChI=1S/C28H30O9S/c1-38(31,32)37-23(19-35-27(29)22-15-9-4-10-16-22)24-25(33-17-20-11-5-2-6-12-20)26(28(30)36-24)34-18-21-13-7-3-8-14-21/h2-16,23-26,28,30H,17-19H2,1H3/t23-,24+,25+,26?,28?/m0/s1. The van der Waals surface area contributed by atoms with Gasteiger partial charge in [-0.15, -0.1) is 0 Å². The van der Waals surface area contributed by atoms with Crippen molar-refractivity contribution < 1.29 is 41.4 Å². The van der Waals surface area contributed by atoms with Gasteiger partial charge in [-0.3, -0.25) is 4.18 Å². The summed E-state index contributed by atoms with van der Waals surface area (Å²) in [6.07, 6.45) is -4.92. The van der Waals surface area contributed by atoms with E-state index in [-0.39, 0.29) is 13.2 Å². The Morgan fingerprint density at radius 3 is 1.87 bits per heavy atom. The SMILES string of the molecule is CS(=O)(=O)O[C@@H](COC(=O)c1ccccc1)[C@H]1OC(O)C(OCc2ccccc2)[C@@H]1OCc1ccccc1. The van der Waals surface area contributed by atoms with E-state index in [0.29, 0.717) is 5.56 Å². The van der Waals surface area contributed by atoms with Gasteiger partial charge in [0.2, 0.25) is 0 Å². The first-order valence-corrected chi connectivity index (χ1v) is 13.9. The van der Waals surface area contributed by atoms with Gasteiger partial charge in [0.25, 0.3) is 10.1 Å². The molecule has 0 radical (unpaired) electrons. The molecule has 0 aromatic heterocycles. The lowest BCUT2D eigenvalue weighted by Gasteiger charge is -2.28. The van der Waals surface area contributed by atoms with Gasteiger partial charge in [-0.05, 0) is 23.3 Å². The molecule has 1 aliphatic heterocycles. The quantitative estimate of drug-likeness (QED) is 0.272. The lowest BCUT2D eigenvalue weighted by atomic mass is 10.1. The predicted molar refractivity (Wildman–Crippen MR) is 137 cm³/mol. The number of ether oxygens (including phenoxy) is 4. The molecule has 1 heterocycles. The number of benzene rings is 3. The minimum atomic E-state index is -4.00. The first kappa shape index (κ1) is 27.9. The Hall–Kier alpha value is -3.12. The Morgan fingerprint density at radius 1 is 0.842 bits per heavy atom. The van der Waals surface area contributed by atoms with Crippen molar-refractivity contribution in [2.75, 3.05) is 12.9 Å². The molecule has 38 heavy (non-hydrogen) atoms. The van der Waals surface area contributed by atoms with Crippen molar-refractivity contribution in [3.8, 4) is 0 Å². The van der Waals surface area contributed by atoms with Crippen LogP contribution in [0, 0.1) is 0 Å². The highest BCUT2D eigenvalue weighted by molar-refractivity contribution is 7.86. The third-order valence-electron chi connectivity index (χ3n) is 5.85. The van der Waals surface area contributed by atoms with Crippen LogP contribution in [0.3, 0.4) is 0 Å². The molecule has 0 spiro atoms. The van der Waals surface area contributed by atoms with Gasteiger partial charge in [0, 0.05) is 0 Å². The third kappa shape index (κ3) is 7.94. The van der Waals surface area contributed by atoms with Gasteiger partial charge in [-0.1, -0.05) is 78.9 Å². The molecular weight excluding hydrogens is 512 g/mol. The van der Waals surface area contributed by atoms with E-state index in [4.69, 9.17) is 23.1 Å². The zero-order chi connectivity index (χ0) is 27.0. The molecule has 9 nitrogen and oxygen atoms in total. The second-order valence-electron chi connectivity index (χ2n) is 8.82. The van der Waals surface area contributed by atoms with E-state index in [1.54, 1.807) is 30.3 Å². The summed E-state index contributed by atoms with van der Waals surface area (Å²) in [5.41, 5.74) is 2.01. The Morgan fingerprint density at radius 2 is 1.34 bits per heavy atom. The second-order valence-corrected chi connectivity index (χ2v) is 10.4. The molecular formula is C28H30O9S. The molecule has 1 fully saturated rings. The summed E-state index contributed by atoms with van der Waals surface area (Å²) < 4.78 is 52.8. The molecule has 1 aliphatic rings. The van der Waals surface area contributed by atoms with Crippen LogP contribution in [-0.2, 0) is 46.5 Å². The number of esters is 1. The molecule has 5 atom stereocenters. The Labute approximate surface area is 222 Å². The van der Waals surface area contributed by atoms with Crippen molar-refractivity contribution in [3.05, 3.63) is 108 Å². The fourth-order valence-corrected chi connectivity index (χ4v) is 4.70. The molecule has 1 saturated heterocycles. The van der Waals surface area contributed by atoms with E-state index >= 15 is 0 Å². The van der Waals surface area contributed by atoms with Crippen LogP contribution in [0.5, 0.6) is 0 Å². The fraction of sp³-hybridized carbons (Fsp3) is 0.321. The minimum absolute atomic E-state index is 0.138. The summed E-state index contributed by atoms with van der Waals surface area (Å²) in [5, 5.41) is 10.8. The average molecular weight is 543 g/mol. The number of carbonyl (C=O) groups is 1. The first-order chi connectivity index (χ1) is 18.3. The molecule has 1 N–H and O–H groups in total. The van der Waals surface area contributed by atoms with E-state index in [1.165, 1.54) is 0 Å². The largest absolute Gasteiger partial charge is 0.459 e. The van der Waals surface area contributed by atoms with Crippen molar-refractivity contribution in [2.45, 2.75) is 43.9 Å². The maximum absolute atomic E-state index is 12.5. The van der Waals surface area contributed by atoms with Gasteiger partial charge in [-0.2, -0.15) is 8.42 Å². The topological polar surface area (TPSA) is 118 Å². The van der Waals surface area contributed by atoms with E-state index < -0.39 is 53.4 Å². The Kier molecular flexibility index (Phi) is 9.62. The molecule has 2 unspecified atom stereocenters. The molecule has 4 rings (SSSR count). The Bertz CT molecular complexity index is 1250. The maximum Gasteiger partial charge on any atom is 0.338 e. The predicted octanol–water partition coefficient (Wildman–Crippen LogP) is 3.08. The second kappa shape index (κ2) is 13.1. The summed E-state index contributed by atoms with van der Waals surface area (Å²) in [7, 11) is -4.00. The van der Waals surface area contributed by atoms with Crippen LogP contribution in [0.15, 0.2) is 91.0 Å². The highest BCUT2D eigenvalue weighted by Crippen LogP contribution is 2.31. The highest BCUT2D eigenvalue weighted by atomic mass is 32.2. The van der Waals surface area contributed by atoms with Crippen LogP contribution in [0.4, 0.5) is 0 Å². The average Bonchev–Trinajstić information content (AvgIpc) is 3.24. The minimum Gasteiger partial charge on any atom is -0.459 e. The van der Waals surface area contributed by atoms with Crippen molar-refractivity contribution in [3.63, 3.8) is 0 Å².